The van der Waals surface area contributed by atoms with E-state index in [1.165, 1.54) is 31.2 Å². The number of pyridine rings is 1. The lowest BCUT2D eigenvalue weighted by Gasteiger charge is -2.20. The Morgan fingerprint density at radius 3 is 3.00 bits per heavy atom. The summed E-state index contributed by atoms with van der Waals surface area (Å²) in [4.78, 5) is 19.0. The second-order valence-corrected chi connectivity index (χ2v) is 6.50. The predicted octanol–water partition coefficient (Wildman–Crippen LogP) is 3.20. The third-order valence-corrected chi connectivity index (χ3v) is 4.81. The van der Waals surface area contributed by atoms with Gasteiger partial charge < -0.3 is 19.1 Å². The number of amides is 1. The van der Waals surface area contributed by atoms with Crippen molar-refractivity contribution in [2.45, 2.75) is 17.9 Å². The molecule has 0 radical (unpaired) electrons. The number of aromatic nitrogens is 1. The number of halogens is 1. The van der Waals surface area contributed by atoms with Crippen molar-refractivity contribution < 1.29 is 18.7 Å². The van der Waals surface area contributed by atoms with Crippen LogP contribution < -0.4 is 14.2 Å². The number of hydrogen-bond acceptors (Lipinski definition) is 6. The van der Waals surface area contributed by atoms with Crippen LogP contribution in [-0.2, 0) is 0 Å². The van der Waals surface area contributed by atoms with E-state index in [1.54, 1.807) is 30.3 Å². The van der Waals surface area contributed by atoms with Crippen molar-refractivity contribution in [3.8, 4) is 11.6 Å². The second kappa shape index (κ2) is 7.18. The van der Waals surface area contributed by atoms with Gasteiger partial charge in [0.25, 0.3) is 5.91 Å². The monoisotopic (exact) mass is 363 g/mol. The quantitative estimate of drug-likeness (QED) is 0.842. The van der Waals surface area contributed by atoms with Gasteiger partial charge in [0.2, 0.25) is 5.88 Å². The molecule has 0 saturated heterocycles. The molecule has 3 rings (SSSR count). The Labute approximate surface area is 149 Å². The zero-order valence-electron chi connectivity index (χ0n) is 14.1. The molecular formula is C17H18FN3O3S. The average molecular weight is 363 g/mol. The van der Waals surface area contributed by atoms with Gasteiger partial charge in [0, 0.05) is 7.05 Å². The predicted molar refractivity (Wildman–Crippen MR) is 93.7 cm³/mol. The van der Waals surface area contributed by atoms with Crippen molar-refractivity contribution in [2.24, 2.45) is 0 Å². The number of ether oxygens (including phenoxy) is 2. The van der Waals surface area contributed by atoms with Crippen LogP contribution in [0.5, 0.6) is 11.6 Å². The molecule has 0 bridgehead atoms. The van der Waals surface area contributed by atoms with E-state index in [0.29, 0.717) is 34.4 Å². The maximum atomic E-state index is 13.4. The standard InChI is InChI=1S/C17H18FN3O3S/c1-10-9-24-16-13(17(22)21(10)2)7-12(8-19-16)20-25-15-6-11(18)4-5-14(15)23-3/h4-8,10,20H,9H2,1-3H3. The number of benzene rings is 1. The molecule has 0 spiro atoms. The van der Waals surface area contributed by atoms with Gasteiger partial charge in [-0.1, -0.05) is 0 Å². The molecule has 1 atom stereocenters. The molecule has 1 N–H and O–H groups in total. The summed E-state index contributed by atoms with van der Waals surface area (Å²) in [6.07, 6.45) is 1.57. The zero-order valence-corrected chi connectivity index (χ0v) is 14.9. The van der Waals surface area contributed by atoms with Crippen LogP contribution >= 0.6 is 11.9 Å². The fraction of sp³-hybridized carbons (Fsp3) is 0.294. The highest BCUT2D eigenvalue weighted by atomic mass is 32.2. The smallest absolute Gasteiger partial charge is 0.259 e. The van der Waals surface area contributed by atoms with E-state index in [1.807, 2.05) is 6.92 Å². The molecule has 0 aliphatic carbocycles. The molecule has 1 aliphatic rings. The van der Waals surface area contributed by atoms with Gasteiger partial charge in [-0.3, -0.25) is 4.79 Å². The number of likely N-dealkylation sites (N-methyl/N-ethyl adjacent to an activating group) is 1. The molecule has 2 aromatic rings. The topological polar surface area (TPSA) is 63.7 Å². The summed E-state index contributed by atoms with van der Waals surface area (Å²) in [5.74, 6) is 0.364. The third-order valence-electron chi connectivity index (χ3n) is 3.93. The van der Waals surface area contributed by atoms with Gasteiger partial charge in [-0.25, -0.2) is 9.37 Å². The Kier molecular flexibility index (Phi) is 4.98. The minimum absolute atomic E-state index is 0.0379. The van der Waals surface area contributed by atoms with Gasteiger partial charge in [-0.2, -0.15) is 0 Å². The van der Waals surface area contributed by atoms with Crippen LogP contribution in [0.15, 0.2) is 35.4 Å². The molecule has 1 aliphatic heterocycles. The van der Waals surface area contributed by atoms with E-state index in [9.17, 15) is 9.18 Å². The number of carbonyl (C=O) groups is 1. The van der Waals surface area contributed by atoms with E-state index in [2.05, 4.69) is 9.71 Å². The highest BCUT2D eigenvalue weighted by Gasteiger charge is 2.26. The summed E-state index contributed by atoms with van der Waals surface area (Å²) < 4.78 is 27.3. The summed E-state index contributed by atoms with van der Waals surface area (Å²) in [6, 6.07) is 5.90. The zero-order chi connectivity index (χ0) is 18.0. The van der Waals surface area contributed by atoms with Gasteiger partial charge in [0.1, 0.15) is 23.7 Å². The van der Waals surface area contributed by atoms with Crippen molar-refractivity contribution in [2.75, 3.05) is 25.5 Å². The molecule has 132 valence electrons. The van der Waals surface area contributed by atoms with Crippen LogP contribution in [0.1, 0.15) is 17.3 Å². The maximum Gasteiger partial charge on any atom is 0.259 e. The fourth-order valence-corrected chi connectivity index (χ4v) is 3.08. The molecule has 1 unspecified atom stereocenters. The van der Waals surface area contributed by atoms with Crippen LogP contribution in [0.3, 0.4) is 0 Å². The Hall–Kier alpha value is -2.48. The van der Waals surface area contributed by atoms with Crippen LogP contribution in [0.2, 0.25) is 0 Å². The molecule has 6 nitrogen and oxygen atoms in total. The van der Waals surface area contributed by atoms with Crippen molar-refractivity contribution in [3.63, 3.8) is 0 Å². The Morgan fingerprint density at radius 2 is 2.24 bits per heavy atom. The molecule has 1 aromatic carbocycles. The second-order valence-electron chi connectivity index (χ2n) is 5.65. The van der Waals surface area contributed by atoms with E-state index in [-0.39, 0.29) is 17.8 Å². The van der Waals surface area contributed by atoms with Crippen molar-refractivity contribution in [1.82, 2.24) is 9.88 Å². The fourth-order valence-electron chi connectivity index (χ4n) is 2.32. The molecular weight excluding hydrogens is 345 g/mol. The summed E-state index contributed by atoms with van der Waals surface area (Å²) in [5.41, 5.74) is 0.999. The minimum atomic E-state index is -0.357. The van der Waals surface area contributed by atoms with Crippen LogP contribution in [0, 0.1) is 5.82 Å². The summed E-state index contributed by atoms with van der Waals surface area (Å²) >= 11 is 1.18. The van der Waals surface area contributed by atoms with Gasteiger partial charge in [-0.05, 0) is 43.1 Å². The first-order valence-electron chi connectivity index (χ1n) is 7.66. The molecule has 1 amide bonds. The van der Waals surface area contributed by atoms with Crippen LogP contribution in [-0.4, -0.2) is 42.6 Å². The van der Waals surface area contributed by atoms with Crippen LogP contribution in [0.25, 0.3) is 0 Å². The molecule has 0 fully saturated rings. The van der Waals surface area contributed by atoms with E-state index in [0.717, 1.165) is 0 Å². The highest BCUT2D eigenvalue weighted by Crippen LogP contribution is 2.32. The van der Waals surface area contributed by atoms with E-state index < -0.39 is 0 Å². The number of carbonyl (C=O) groups excluding carboxylic acids is 1. The molecule has 8 heteroatoms. The molecule has 25 heavy (non-hydrogen) atoms. The third kappa shape index (κ3) is 3.63. The van der Waals surface area contributed by atoms with Gasteiger partial charge in [0.05, 0.1) is 29.9 Å². The number of methoxy groups -OCH3 is 1. The lowest BCUT2D eigenvalue weighted by atomic mass is 10.2. The Morgan fingerprint density at radius 1 is 1.44 bits per heavy atom. The lowest BCUT2D eigenvalue weighted by molar-refractivity contribution is 0.0732. The minimum Gasteiger partial charge on any atom is -0.496 e. The largest absolute Gasteiger partial charge is 0.496 e. The summed E-state index contributed by atoms with van der Waals surface area (Å²) in [5, 5.41) is 0. The van der Waals surface area contributed by atoms with Gasteiger partial charge in [0.15, 0.2) is 0 Å². The first kappa shape index (κ1) is 17.3. The summed E-state index contributed by atoms with van der Waals surface area (Å²) in [7, 11) is 3.26. The number of anilines is 1. The summed E-state index contributed by atoms with van der Waals surface area (Å²) in [6.45, 7) is 2.30. The van der Waals surface area contributed by atoms with Crippen molar-refractivity contribution in [3.05, 3.63) is 41.8 Å². The normalized spacial score (nSPS) is 16.7. The first-order chi connectivity index (χ1) is 12.0. The van der Waals surface area contributed by atoms with E-state index >= 15 is 0 Å². The first-order valence-corrected chi connectivity index (χ1v) is 8.47. The molecule has 0 saturated carbocycles. The van der Waals surface area contributed by atoms with Gasteiger partial charge in [-0.15, -0.1) is 0 Å². The maximum absolute atomic E-state index is 13.4. The lowest BCUT2D eigenvalue weighted by Crippen LogP contribution is -2.36. The molecule has 1 aromatic heterocycles. The SMILES string of the molecule is COc1ccc(F)cc1SNc1cnc2c(c1)C(=O)N(C)C(C)CO2. The van der Waals surface area contributed by atoms with Gasteiger partial charge >= 0.3 is 0 Å². The average Bonchev–Trinajstić information content (AvgIpc) is 2.72. The molecule has 2 heterocycles. The number of hydrogen-bond donors (Lipinski definition) is 1. The van der Waals surface area contributed by atoms with Crippen molar-refractivity contribution >= 4 is 23.5 Å². The Bertz CT molecular complexity index is 803. The van der Waals surface area contributed by atoms with E-state index in [4.69, 9.17) is 9.47 Å². The number of nitrogens with zero attached hydrogens (tertiary/aromatic N) is 2. The number of nitrogens with one attached hydrogen (secondary N) is 1. The number of fused-ring (bicyclic) bond motifs is 1. The number of rotatable bonds is 4. The van der Waals surface area contributed by atoms with Crippen molar-refractivity contribution in [1.29, 1.82) is 0 Å². The van der Waals surface area contributed by atoms with Crippen LogP contribution in [0.4, 0.5) is 10.1 Å². The Balaban J connectivity index is 1.82. The highest BCUT2D eigenvalue weighted by molar-refractivity contribution is 8.00.